The average Bonchev–Trinajstić information content (AvgIpc) is 2.69. The van der Waals surface area contributed by atoms with Gasteiger partial charge in [0.2, 0.25) is 0 Å². The molecule has 0 radical (unpaired) electrons. The third-order valence-corrected chi connectivity index (χ3v) is 2.94. The van der Waals surface area contributed by atoms with E-state index in [1.807, 2.05) is 0 Å². The van der Waals surface area contributed by atoms with Crippen LogP contribution in [0.2, 0.25) is 0 Å². The minimum Gasteiger partial charge on any atom is -0.423 e. The number of anilines is 1. The molecular formula is C9H12BBrN2O2. The van der Waals surface area contributed by atoms with Crippen molar-refractivity contribution in [2.24, 2.45) is 0 Å². The quantitative estimate of drug-likeness (QED) is 0.592. The third kappa shape index (κ3) is 2.51. The lowest BCUT2D eigenvalue weighted by atomic mass is 9.81. The summed E-state index contributed by atoms with van der Waals surface area (Å²) in [6, 6.07) is 3.34. The molecule has 0 aliphatic carbocycles. The van der Waals surface area contributed by atoms with Gasteiger partial charge in [0.1, 0.15) is 10.4 Å². The lowest BCUT2D eigenvalue weighted by Crippen LogP contribution is -2.31. The molecule has 80 valence electrons. The zero-order valence-electron chi connectivity index (χ0n) is 8.23. The molecule has 6 heteroatoms. The van der Waals surface area contributed by atoms with E-state index in [4.69, 9.17) is 10.0 Å². The first-order chi connectivity index (χ1) is 7.16. The zero-order valence-corrected chi connectivity index (χ0v) is 9.81. The molecule has 4 nitrogen and oxygen atoms in total. The first kappa shape index (κ1) is 10.9. The van der Waals surface area contributed by atoms with Crippen LogP contribution in [0.5, 0.6) is 0 Å². The smallest absolute Gasteiger partial charge is 0.423 e. The maximum atomic E-state index is 9.10. The molecule has 0 spiro atoms. The molecule has 0 amide bonds. The Labute approximate surface area is 97.2 Å². The molecule has 1 fully saturated rings. The maximum Gasteiger partial charge on any atom is 0.488 e. The molecule has 1 aromatic rings. The number of hydrogen-bond acceptors (Lipinski definition) is 4. The molecule has 0 unspecified atom stereocenters. The summed E-state index contributed by atoms with van der Waals surface area (Å²) in [5.41, 5.74) is 0.471. The van der Waals surface area contributed by atoms with Crippen LogP contribution in [0.15, 0.2) is 16.7 Å². The summed E-state index contributed by atoms with van der Waals surface area (Å²) in [4.78, 5) is 6.47. The highest BCUT2D eigenvalue weighted by molar-refractivity contribution is 9.10. The van der Waals surface area contributed by atoms with Gasteiger partial charge in [0, 0.05) is 13.1 Å². The number of aromatic nitrogens is 1. The molecular weight excluding hydrogens is 259 g/mol. The van der Waals surface area contributed by atoms with Crippen LogP contribution in [-0.2, 0) is 0 Å². The van der Waals surface area contributed by atoms with Crippen molar-refractivity contribution >= 4 is 34.3 Å². The highest BCUT2D eigenvalue weighted by Crippen LogP contribution is 2.18. The third-order valence-electron chi connectivity index (χ3n) is 2.53. The highest BCUT2D eigenvalue weighted by Gasteiger charge is 2.18. The Hall–Kier alpha value is -0.585. The lowest BCUT2D eigenvalue weighted by molar-refractivity contribution is 0.425. The van der Waals surface area contributed by atoms with Gasteiger partial charge in [0.15, 0.2) is 0 Å². The molecule has 1 aliphatic heterocycles. The summed E-state index contributed by atoms with van der Waals surface area (Å²) in [6.45, 7) is 1.98. The largest absolute Gasteiger partial charge is 0.488 e. The summed E-state index contributed by atoms with van der Waals surface area (Å²) in [6.07, 6.45) is 2.34. The summed E-state index contributed by atoms with van der Waals surface area (Å²) >= 11 is 3.27. The topological polar surface area (TPSA) is 56.6 Å². The molecule has 1 aliphatic rings. The van der Waals surface area contributed by atoms with Crippen LogP contribution < -0.4 is 10.4 Å². The Morgan fingerprint density at radius 2 is 1.93 bits per heavy atom. The fraction of sp³-hybridized carbons (Fsp3) is 0.444. The average molecular weight is 271 g/mol. The fourth-order valence-electron chi connectivity index (χ4n) is 1.76. The van der Waals surface area contributed by atoms with Crippen molar-refractivity contribution in [2.75, 3.05) is 18.0 Å². The standard InChI is InChI=1S/C9H12BBrN2O2/c11-8-5-7(10(14)15)6-9(12-8)13-3-1-2-4-13/h5-6,14-15H,1-4H2. The predicted molar refractivity (Wildman–Crippen MR) is 63.2 cm³/mol. The Morgan fingerprint density at radius 1 is 1.27 bits per heavy atom. The summed E-state index contributed by atoms with van der Waals surface area (Å²) < 4.78 is 0.634. The van der Waals surface area contributed by atoms with Gasteiger partial charge in [-0.2, -0.15) is 0 Å². The zero-order chi connectivity index (χ0) is 10.8. The van der Waals surface area contributed by atoms with Crippen LogP contribution in [0.1, 0.15) is 12.8 Å². The van der Waals surface area contributed by atoms with E-state index in [0.717, 1.165) is 18.9 Å². The van der Waals surface area contributed by atoms with E-state index in [-0.39, 0.29) is 0 Å². The first-order valence-electron chi connectivity index (χ1n) is 4.95. The van der Waals surface area contributed by atoms with Crippen molar-refractivity contribution in [1.29, 1.82) is 0 Å². The number of rotatable bonds is 2. The van der Waals surface area contributed by atoms with E-state index in [1.54, 1.807) is 12.1 Å². The van der Waals surface area contributed by atoms with Crippen molar-refractivity contribution in [3.63, 3.8) is 0 Å². The molecule has 0 saturated carbocycles. The van der Waals surface area contributed by atoms with Crippen LogP contribution in [0, 0.1) is 0 Å². The van der Waals surface area contributed by atoms with Gasteiger partial charge < -0.3 is 14.9 Å². The van der Waals surface area contributed by atoms with E-state index in [9.17, 15) is 0 Å². The van der Waals surface area contributed by atoms with E-state index >= 15 is 0 Å². The number of nitrogens with zero attached hydrogens (tertiary/aromatic N) is 2. The van der Waals surface area contributed by atoms with Gasteiger partial charge in [-0.05, 0) is 46.4 Å². The van der Waals surface area contributed by atoms with Gasteiger partial charge in [0.05, 0.1) is 0 Å². The number of halogens is 1. The van der Waals surface area contributed by atoms with Gasteiger partial charge in [0.25, 0.3) is 0 Å². The number of pyridine rings is 1. The van der Waals surface area contributed by atoms with Crippen molar-refractivity contribution in [3.8, 4) is 0 Å². The van der Waals surface area contributed by atoms with Crippen molar-refractivity contribution in [2.45, 2.75) is 12.8 Å². The molecule has 15 heavy (non-hydrogen) atoms. The van der Waals surface area contributed by atoms with Crippen LogP contribution in [0.25, 0.3) is 0 Å². The fourth-order valence-corrected chi connectivity index (χ4v) is 2.21. The molecule has 0 aromatic carbocycles. The number of hydrogen-bond donors (Lipinski definition) is 2. The van der Waals surface area contributed by atoms with Crippen LogP contribution in [-0.4, -0.2) is 35.2 Å². The van der Waals surface area contributed by atoms with Crippen molar-refractivity contribution < 1.29 is 10.0 Å². The normalized spacial score (nSPS) is 15.8. The van der Waals surface area contributed by atoms with Crippen LogP contribution >= 0.6 is 15.9 Å². The van der Waals surface area contributed by atoms with Crippen LogP contribution in [0.3, 0.4) is 0 Å². The Bertz CT molecular complexity index is 356. The van der Waals surface area contributed by atoms with Crippen LogP contribution in [0.4, 0.5) is 5.82 Å². The Balaban J connectivity index is 2.30. The Kier molecular flexibility index (Phi) is 3.28. The second-order valence-corrected chi connectivity index (χ2v) is 4.46. The minimum atomic E-state index is -1.44. The molecule has 1 aromatic heterocycles. The lowest BCUT2D eigenvalue weighted by Gasteiger charge is -2.17. The van der Waals surface area contributed by atoms with E-state index < -0.39 is 7.12 Å². The van der Waals surface area contributed by atoms with Gasteiger partial charge in [-0.1, -0.05) is 0 Å². The van der Waals surface area contributed by atoms with Gasteiger partial charge in [-0.3, -0.25) is 0 Å². The molecule has 0 bridgehead atoms. The molecule has 0 atom stereocenters. The maximum absolute atomic E-state index is 9.10. The second-order valence-electron chi connectivity index (χ2n) is 3.65. The second kappa shape index (κ2) is 4.51. The van der Waals surface area contributed by atoms with E-state index in [2.05, 4.69) is 25.8 Å². The molecule has 1 saturated heterocycles. The van der Waals surface area contributed by atoms with Gasteiger partial charge >= 0.3 is 7.12 Å². The van der Waals surface area contributed by atoms with Crippen molar-refractivity contribution in [3.05, 3.63) is 16.7 Å². The molecule has 2 N–H and O–H groups in total. The van der Waals surface area contributed by atoms with Gasteiger partial charge in [-0.25, -0.2) is 4.98 Å². The molecule has 2 heterocycles. The summed E-state index contributed by atoms with van der Waals surface area (Å²) in [5.74, 6) is 0.810. The Morgan fingerprint density at radius 3 is 2.53 bits per heavy atom. The SMILES string of the molecule is OB(O)c1cc(Br)nc(N2CCCC2)c1. The van der Waals surface area contributed by atoms with E-state index in [1.165, 1.54) is 12.8 Å². The highest BCUT2D eigenvalue weighted by atomic mass is 79.9. The summed E-state index contributed by atoms with van der Waals surface area (Å²) in [5, 5.41) is 18.2. The monoisotopic (exact) mass is 270 g/mol. The van der Waals surface area contributed by atoms with E-state index in [0.29, 0.717) is 10.1 Å². The summed E-state index contributed by atoms with van der Waals surface area (Å²) in [7, 11) is -1.44. The minimum absolute atomic E-state index is 0.471. The molecule has 2 rings (SSSR count). The first-order valence-corrected chi connectivity index (χ1v) is 5.75. The van der Waals surface area contributed by atoms with Gasteiger partial charge in [-0.15, -0.1) is 0 Å². The van der Waals surface area contributed by atoms with Crippen molar-refractivity contribution in [1.82, 2.24) is 4.98 Å². The predicted octanol–water partition coefficient (Wildman–Crippen LogP) is 0.124.